The molecule has 2 amide bonds. The Hall–Kier alpha value is -2.87. The largest absolute Gasteiger partial charge is 0.370 e. The number of nitrogens with one attached hydrogen (secondary N) is 3. The minimum absolute atomic E-state index is 0.0748. The zero-order valence-electron chi connectivity index (χ0n) is 13.8. The standard InChI is InChI=1S/C16H22N6O2/c1-3-7-18-15-13(10-19-21-15)16(24)20-11-5-4-6-12(8-11)22(2)14(23)9-17/h4-6,8,10H,3,7,9,17H2,1-2H3,(H,20,24)(H2,18,19,21). The minimum Gasteiger partial charge on any atom is -0.370 e. The van der Waals surface area contributed by atoms with Crippen LogP contribution in [-0.4, -0.2) is 42.1 Å². The van der Waals surface area contributed by atoms with E-state index in [1.807, 2.05) is 6.92 Å². The van der Waals surface area contributed by atoms with Crippen LogP contribution in [-0.2, 0) is 4.79 Å². The number of H-pyrrole nitrogens is 1. The molecule has 8 nitrogen and oxygen atoms in total. The molecule has 0 bridgehead atoms. The summed E-state index contributed by atoms with van der Waals surface area (Å²) in [6, 6.07) is 7.00. The van der Waals surface area contributed by atoms with Gasteiger partial charge in [0.25, 0.3) is 5.91 Å². The molecular weight excluding hydrogens is 308 g/mol. The van der Waals surface area contributed by atoms with Crippen LogP contribution in [0.1, 0.15) is 23.7 Å². The van der Waals surface area contributed by atoms with Gasteiger partial charge in [-0.3, -0.25) is 14.7 Å². The number of hydrogen-bond donors (Lipinski definition) is 4. The van der Waals surface area contributed by atoms with E-state index in [-0.39, 0.29) is 18.4 Å². The number of nitrogens with two attached hydrogens (primary N) is 1. The van der Waals surface area contributed by atoms with Gasteiger partial charge < -0.3 is 21.3 Å². The number of aromatic nitrogens is 2. The number of anilines is 3. The molecule has 0 aliphatic carbocycles. The lowest BCUT2D eigenvalue weighted by molar-refractivity contribution is -0.117. The van der Waals surface area contributed by atoms with Gasteiger partial charge in [-0.25, -0.2) is 0 Å². The number of likely N-dealkylation sites (N-methyl/N-ethyl adjacent to an activating group) is 1. The molecule has 2 aromatic rings. The molecule has 0 aliphatic rings. The average Bonchev–Trinajstić information content (AvgIpc) is 3.07. The highest BCUT2D eigenvalue weighted by atomic mass is 16.2. The highest BCUT2D eigenvalue weighted by Gasteiger charge is 2.15. The maximum absolute atomic E-state index is 12.4. The summed E-state index contributed by atoms with van der Waals surface area (Å²) < 4.78 is 0. The Morgan fingerprint density at radius 3 is 2.88 bits per heavy atom. The third-order valence-electron chi connectivity index (χ3n) is 3.48. The van der Waals surface area contributed by atoms with Crippen LogP contribution in [0, 0.1) is 0 Å². The molecule has 8 heteroatoms. The monoisotopic (exact) mass is 330 g/mol. The molecule has 0 unspecified atom stereocenters. The molecule has 5 N–H and O–H groups in total. The van der Waals surface area contributed by atoms with Crippen LogP contribution < -0.4 is 21.3 Å². The van der Waals surface area contributed by atoms with Crippen molar-refractivity contribution in [2.24, 2.45) is 5.73 Å². The Labute approximate surface area is 140 Å². The molecule has 0 saturated carbocycles. The molecule has 2 rings (SSSR count). The first-order valence-electron chi connectivity index (χ1n) is 7.72. The van der Waals surface area contributed by atoms with Gasteiger partial charge in [0.15, 0.2) is 0 Å². The molecule has 24 heavy (non-hydrogen) atoms. The first-order valence-corrected chi connectivity index (χ1v) is 7.72. The molecule has 0 fully saturated rings. The van der Waals surface area contributed by atoms with E-state index in [0.29, 0.717) is 22.8 Å². The summed E-state index contributed by atoms with van der Waals surface area (Å²) in [5.74, 6) is 0.0904. The number of carbonyl (C=O) groups is 2. The molecule has 1 aromatic carbocycles. The van der Waals surface area contributed by atoms with E-state index in [9.17, 15) is 9.59 Å². The normalized spacial score (nSPS) is 10.3. The maximum Gasteiger partial charge on any atom is 0.261 e. The van der Waals surface area contributed by atoms with Crippen molar-refractivity contribution >= 4 is 29.0 Å². The van der Waals surface area contributed by atoms with E-state index in [0.717, 1.165) is 13.0 Å². The third kappa shape index (κ3) is 4.11. The van der Waals surface area contributed by atoms with E-state index in [1.54, 1.807) is 31.3 Å². The van der Waals surface area contributed by atoms with Crippen LogP contribution in [0.4, 0.5) is 17.2 Å². The van der Waals surface area contributed by atoms with Gasteiger partial charge in [0, 0.05) is 25.0 Å². The number of carbonyl (C=O) groups excluding carboxylic acids is 2. The molecule has 0 aliphatic heterocycles. The van der Waals surface area contributed by atoms with Crippen molar-refractivity contribution in [2.45, 2.75) is 13.3 Å². The number of benzene rings is 1. The lowest BCUT2D eigenvalue weighted by atomic mass is 10.2. The Morgan fingerprint density at radius 1 is 1.38 bits per heavy atom. The smallest absolute Gasteiger partial charge is 0.261 e. The van der Waals surface area contributed by atoms with Crippen LogP contribution in [0.3, 0.4) is 0 Å². The van der Waals surface area contributed by atoms with Gasteiger partial charge in [-0.05, 0) is 24.6 Å². The van der Waals surface area contributed by atoms with E-state index < -0.39 is 0 Å². The second-order valence-corrected chi connectivity index (χ2v) is 5.25. The van der Waals surface area contributed by atoms with Crippen molar-refractivity contribution in [3.05, 3.63) is 36.0 Å². The van der Waals surface area contributed by atoms with Crippen molar-refractivity contribution in [3.8, 4) is 0 Å². The van der Waals surface area contributed by atoms with Crippen molar-refractivity contribution in [3.63, 3.8) is 0 Å². The van der Waals surface area contributed by atoms with Crippen LogP contribution in [0.25, 0.3) is 0 Å². The topological polar surface area (TPSA) is 116 Å². The number of nitrogens with zero attached hydrogens (tertiary/aromatic N) is 2. The average molecular weight is 330 g/mol. The predicted octanol–water partition coefficient (Wildman–Crippen LogP) is 1.41. The SMILES string of the molecule is CCCNc1[nH]ncc1C(=O)Nc1cccc(N(C)C(=O)CN)c1. The van der Waals surface area contributed by atoms with E-state index >= 15 is 0 Å². The van der Waals surface area contributed by atoms with E-state index in [4.69, 9.17) is 5.73 Å². The number of hydrogen-bond acceptors (Lipinski definition) is 5. The lowest BCUT2D eigenvalue weighted by Crippen LogP contribution is -2.32. The summed E-state index contributed by atoms with van der Waals surface area (Å²) in [5, 5.41) is 12.6. The molecule has 128 valence electrons. The fraction of sp³-hybridized carbons (Fsp3) is 0.312. The number of amides is 2. The van der Waals surface area contributed by atoms with Gasteiger partial charge in [-0.1, -0.05) is 13.0 Å². The van der Waals surface area contributed by atoms with Crippen LogP contribution in [0.2, 0.25) is 0 Å². The summed E-state index contributed by atoms with van der Waals surface area (Å²) in [6.45, 7) is 2.70. The summed E-state index contributed by atoms with van der Waals surface area (Å²) >= 11 is 0. The van der Waals surface area contributed by atoms with Crippen molar-refractivity contribution in [1.82, 2.24) is 10.2 Å². The Balaban J connectivity index is 2.12. The van der Waals surface area contributed by atoms with E-state index in [1.165, 1.54) is 11.1 Å². The molecule has 1 heterocycles. The lowest BCUT2D eigenvalue weighted by Gasteiger charge is -2.17. The molecule has 1 aromatic heterocycles. The highest BCUT2D eigenvalue weighted by molar-refractivity contribution is 6.07. The maximum atomic E-state index is 12.4. The zero-order chi connectivity index (χ0) is 17.5. The molecule has 0 saturated heterocycles. The Morgan fingerprint density at radius 2 is 2.17 bits per heavy atom. The minimum atomic E-state index is -0.285. The Bertz CT molecular complexity index is 712. The van der Waals surface area contributed by atoms with Gasteiger partial charge in [0.2, 0.25) is 5.91 Å². The summed E-state index contributed by atoms with van der Waals surface area (Å²) in [7, 11) is 1.64. The van der Waals surface area contributed by atoms with Crippen molar-refractivity contribution in [1.29, 1.82) is 0 Å². The van der Waals surface area contributed by atoms with Crippen LogP contribution >= 0.6 is 0 Å². The third-order valence-corrected chi connectivity index (χ3v) is 3.48. The highest BCUT2D eigenvalue weighted by Crippen LogP contribution is 2.20. The first-order chi connectivity index (χ1) is 11.6. The number of aromatic amines is 1. The zero-order valence-corrected chi connectivity index (χ0v) is 13.8. The molecule has 0 radical (unpaired) electrons. The van der Waals surface area contributed by atoms with Crippen molar-refractivity contribution in [2.75, 3.05) is 35.7 Å². The number of rotatable bonds is 7. The summed E-state index contributed by atoms with van der Waals surface area (Å²) in [6.07, 6.45) is 2.41. The van der Waals surface area contributed by atoms with Crippen molar-refractivity contribution < 1.29 is 9.59 Å². The second kappa shape index (κ2) is 8.11. The van der Waals surface area contributed by atoms with Gasteiger partial charge >= 0.3 is 0 Å². The predicted molar refractivity (Wildman–Crippen MR) is 94.2 cm³/mol. The molecular formula is C16H22N6O2. The van der Waals surface area contributed by atoms with Gasteiger partial charge in [0.1, 0.15) is 11.4 Å². The fourth-order valence-electron chi connectivity index (χ4n) is 2.11. The van der Waals surface area contributed by atoms with Crippen LogP contribution in [0.5, 0.6) is 0 Å². The molecule has 0 atom stereocenters. The first kappa shape index (κ1) is 17.5. The quantitative estimate of drug-likeness (QED) is 0.612. The van der Waals surface area contributed by atoms with Gasteiger partial charge in [0.05, 0.1) is 12.7 Å². The Kier molecular flexibility index (Phi) is 5.91. The summed E-state index contributed by atoms with van der Waals surface area (Å²) in [5.41, 5.74) is 7.04. The molecule has 0 spiro atoms. The van der Waals surface area contributed by atoms with E-state index in [2.05, 4.69) is 20.8 Å². The second-order valence-electron chi connectivity index (χ2n) is 5.25. The van der Waals surface area contributed by atoms with Crippen LogP contribution in [0.15, 0.2) is 30.5 Å². The fourth-order valence-corrected chi connectivity index (χ4v) is 2.11. The van der Waals surface area contributed by atoms with Gasteiger partial charge in [-0.2, -0.15) is 5.10 Å². The summed E-state index contributed by atoms with van der Waals surface area (Å²) in [4.78, 5) is 25.5. The van der Waals surface area contributed by atoms with Gasteiger partial charge in [-0.15, -0.1) is 0 Å².